The smallest absolute Gasteiger partial charge is 0.0822 e. The minimum absolute atomic E-state index is 0.376. The molecule has 2 aliphatic rings. The summed E-state index contributed by atoms with van der Waals surface area (Å²) in [6, 6.07) is 2.46. The van der Waals surface area contributed by atoms with Crippen LogP contribution >= 0.6 is 11.6 Å². The maximum absolute atomic E-state index is 6.22. The predicted molar refractivity (Wildman–Crippen MR) is 72.2 cm³/mol. The minimum atomic E-state index is 0.376. The molecule has 0 aliphatic carbocycles. The van der Waals surface area contributed by atoms with Gasteiger partial charge in [0.2, 0.25) is 0 Å². The van der Waals surface area contributed by atoms with Crippen LogP contribution in [-0.2, 0) is 4.74 Å². The Hall–Kier alpha value is -0.840. The van der Waals surface area contributed by atoms with E-state index in [1.54, 1.807) is 12.4 Å². The molecule has 2 aliphatic heterocycles. The first kappa shape index (κ1) is 12.2. The first-order chi connectivity index (χ1) is 8.75. The number of pyridine rings is 1. The van der Waals surface area contributed by atoms with E-state index in [4.69, 9.17) is 16.3 Å². The van der Waals surface area contributed by atoms with Gasteiger partial charge in [-0.1, -0.05) is 11.6 Å². The van der Waals surface area contributed by atoms with Crippen LogP contribution in [0.15, 0.2) is 18.5 Å². The molecular formula is C13H18ClN3O. The van der Waals surface area contributed by atoms with Crippen molar-refractivity contribution in [1.29, 1.82) is 0 Å². The van der Waals surface area contributed by atoms with Gasteiger partial charge in [-0.3, -0.25) is 9.88 Å². The van der Waals surface area contributed by atoms with Gasteiger partial charge in [0.25, 0.3) is 0 Å². The summed E-state index contributed by atoms with van der Waals surface area (Å²) in [6.45, 7) is 3.84. The number of nitrogens with zero attached hydrogens (tertiary/aromatic N) is 3. The molecule has 0 amide bonds. The Bertz CT molecular complexity index is 428. The third-order valence-corrected chi connectivity index (χ3v) is 4.25. The molecule has 3 heterocycles. The number of rotatable bonds is 1. The average Bonchev–Trinajstić information content (AvgIpc) is 2.40. The molecule has 18 heavy (non-hydrogen) atoms. The summed E-state index contributed by atoms with van der Waals surface area (Å²) in [7, 11) is 2.18. The van der Waals surface area contributed by atoms with Crippen molar-refractivity contribution in [3.8, 4) is 0 Å². The number of hydrogen-bond acceptors (Lipinski definition) is 4. The highest BCUT2D eigenvalue weighted by Gasteiger charge is 2.35. The highest BCUT2D eigenvalue weighted by Crippen LogP contribution is 2.30. The SMILES string of the molecule is CN1CCO[C@@H]2CCN(c3ccncc3Cl)C[C@@H]21. The van der Waals surface area contributed by atoms with Crippen molar-refractivity contribution in [2.24, 2.45) is 0 Å². The van der Waals surface area contributed by atoms with Crippen molar-refractivity contribution in [3.63, 3.8) is 0 Å². The van der Waals surface area contributed by atoms with Gasteiger partial charge in [-0.15, -0.1) is 0 Å². The average molecular weight is 268 g/mol. The van der Waals surface area contributed by atoms with Crippen LogP contribution in [-0.4, -0.2) is 55.3 Å². The lowest BCUT2D eigenvalue weighted by molar-refractivity contribution is -0.0687. The van der Waals surface area contributed by atoms with Crippen LogP contribution in [0.3, 0.4) is 0 Å². The molecular weight excluding hydrogens is 250 g/mol. The van der Waals surface area contributed by atoms with E-state index in [1.807, 2.05) is 6.07 Å². The van der Waals surface area contributed by atoms with E-state index in [9.17, 15) is 0 Å². The van der Waals surface area contributed by atoms with Crippen LogP contribution in [0.2, 0.25) is 5.02 Å². The Balaban J connectivity index is 1.78. The molecule has 5 heteroatoms. The monoisotopic (exact) mass is 267 g/mol. The van der Waals surface area contributed by atoms with Crippen molar-refractivity contribution in [3.05, 3.63) is 23.5 Å². The third kappa shape index (κ3) is 2.20. The quantitative estimate of drug-likeness (QED) is 0.774. The number of ether oxygens (including phenoxy) is 1. The van der Waals surface area contributed by atoms with Gasteiger partial charge in [-0.05, 0) is 19.5 Å². The van der Waals surface area contributed by atoms with E-state index in [2.05, 4.69) is 21.8 Å². The number of piperidine rings is 1. The van der Waals surface area contributed by atoms with Gasteiger partial charge in [0.15, 0.2) is 0 Å². The van der Waals surface area contributed by atoms with Crippen LogP contribution in [0.5, 0.6) is 0 Å². The second-order valence-corrected chi connectivity index (χ2v) is 5.43. The molecule has 2 atom stereocenters. The Morgan fingerprint density at radius 1 is 1.44 bits per heavy atom. The fourth-order valence-electron chi connectivity index (χ4n) is 2.88. The normalized spacial score (nSPS) is 29.1. The number of hydrogen-bond donors (Lipinski definition) is 0. The number of anilines is 1. The lowest BCUT2D eigenvalue weighted by Crippen LogP contribution is -2.58. The van der Waals surface area contributed by atoms with E-state index in [0.717, 1.165) is 43.4 Å². The van der Waals surface area contributed by atoms with Crippen LogP contribution in [0.4, 0.5) is 5.69 Å². The minimum Gasteiger partial charge on any atom is -0.375 e. The van der Waals surface area contributed by atoms with E-state index >= 15 is 0 Å². The number of fused-ring (bicyclic) bond motifs is 1. The van der Waals surface area contributed by atoms with Crippen molar-refractivity contribution < 1.29 is 4.74 Å². The second-order valence-electron chi connectivity index (χ2n) is 5.02. The third-order valence-electron chi connectivity index (χ3n) is 3.95. The summed E-state index contributed by atoms with van der Waals surface area (Å²) >= 11 is 6.22. The van der Waals surface area contributed by atoms with Gasteiger partial charge in [-0.25, -0.2) is 0 Å². The van der Waals surface area contributed by atoms with Gasteiger partial charge in [0.05, 0.1) is 29.5 Å². The number of aromatic nitrogens is 1. The topological polar surface area (TPSA) is 28.6 Å². The number of likely N-dealkylation sites (N-methyl/N-ethyl adjacent to an activating group) is 1. The van der Waals surface area contributed by atoms with Gasteiger partial charge in [-0.2, -0.15) is 0 Å². The zero-order valence-corrected chi connectivity index (χ0v) is 11.3. The van der Waals surface area contributed by atoms with Crippen molar-refractivity contribution in [2.75, 3.05) is 38.2 Å². The second kappa shape index (κ2) is 5.03. The molecule has 0 unspecified atom stereocenters. The van der Waals surface area contributed by atoms with Crippen LogP contribution in [0, 0.1) is 0 Å². The molecule has 98 valence electrons. The van der Waals surface area contributed by atoms with Gasteiger partial charge in [0, 0.05) is 32.0 Å². The number of halogens is 1. The molecule has 3 rings (SSSR count). The first-order valence-electron chi connectivity index (χ1n) is 6.42. The predicted octanol–water partition coefficient (Wildman–Crippen LogP) is 1.64. The Morgan fingerprint density at radius 2 is 2.33 bits per heavy atom. The van der Waals surface area contributed by atoms with Crippen LogP contribution < -0.4 is 4.90 Å². The summed E-state index contributed by atoms with van der Waals surface area (Å²) in [5, 5.41) is 0.732. The Kier molecular flexibility index (Phi) is 3.41. The molecule has 0 spiro atoms. The molecule has 0 radical (unpaired) electrons. The summed E-state index contributed by atoms with van der Waals surface area (Å²) in [5.74, 6) is 0. The summed E-state index contributed by atoms with van der Waals surface area (Å²) in [5.41, 5.74) is 1.09. The van der Waals surface area contributed by atoms with Crippen molar-refractivity contribution in [1.82, 2.24) is 9.88 Å². The standard InChI is InChI=1S/C13H18ClN3O/c1-16-6-7-18-13-3-5-17(9-12(13)16)11-2-4-15-8-10(11)14/h2,4,8,12-13H,3,5-7,9H2,1H3/t12-,13+/m0/s1. The summed E-state index contributed by atoms with van der Waals surface area (Å²) in [4.78, 5) is 8.78. The maximum Gasteiger partial charge on any atom is 0.0822 e. The van der Waals surface area contributed by atoms with E-state index in [0.29, 0.717) is 12.1 Å². The van der Waals surface area contributed by atoms with Gasteiger partial charge < -0.3 is 9.64 Å². The molecule has 0 bridgehead atoms. The summed E-state index contributed by atoms with van der Waals surface area (Å²) in [6.07, 6.45) is 4.95. The highest BCUT2D eigenvalue weighted by atomic mass is 35.5. The number of morpholine rings is 1. The molecule has 1 aromatic heterocycles. The molecule has 1 aromatic rings. The Morgan fingerprint density at radius 3 is 3.17 bits per heavy atom. The largest absolute Gasteiger partial charge is 0.375 e. The van der Waals surface area contributed by atoms with Crippen molar-refractivity contribution in [2.45, 2.75) is 18.6 Å². The van der Waals surface area contributed by atoms with Gasteiger partial charge >= 0.3 is 0 Å². The lowest BCUT2D eigenvalue weighted by Gasteiger charge is -2.46. The molecule has 4 nitrogen and oxygen atoms in total. The fourth-order valence-corrected chi connectivity index (χ4v) is 3.12. The fraction of sp³-hybridized carbons (Fsp3) is 0.615. The molecule has 2 fully saturated rings. The first-order valence-corrected chi connectivity index (χ1v) is 6.80. The summed E-state index contributed by atoms with van der Waals surface area (Å²) < 4.78 is 5.85. The van der Waals surface area contributed by atoms with Crippen molar-refractivity contribution >= 4 is 17.3 Å². The highest BCUT2D eigenvalue weighted by molar-refractivity contribution is 6.33. The van der Waals surface area contributed by atoms with E-state index in [1.165, 1.54) is 0 Å². The van der Waals surface area contributed by atoms with Gasteiger partial charge in [0.1, 0.15) is 0 Å². The zero-order valence-electron chi connectivity index (χ0n) is 10.6. The lowest BCUT2D eigenvalue weighted by atomic mass is 9.99. The van der Waals surface area contributed by atoms with E-state index in [-0.39, 0.29) is 0 Å². The molecule has 2 saturated heterocycles. The molecule has 0 saturated carbocycles. The molecule has 0 aromatic carbocycles. The maximum atomic E-state index is 6.22. The Labute approximate surface area is 112 Å². The molecule has 0 N–H and O–H groups in total. The van der Waals surface area contributed by atoms with E-state index < -0.39 is 0 Å². The van der Waals surface area contributed by atoms with Crippen LogP contribution in [0.25, 0.3) is 0 Å². The zero-order chi connectivity index (χ0) is 12.5. The van der Waals surface area contributed by atoms with Crippen LogP contribution in [0.1, 0.15) is 6.42 Å².